The van der Waals surface area contributed by atoms with Gasteiger partial charge in [-0.25, -0.2) is 0 Å². The third kappa shape index (κ3) is 5.72. The SMILES string of the molecule is C=CCOc1c(Cl)cc(CNCCC)cc1OC.Cl. The highest BCUT2D eigenvalue weighted by atomic mass is 35.5. The molecule has 108 valence electrons. The predicted octanol–water partition coefficient (Wildman–Crippen LogP) is 3.83. The Bertz CT molecular complexity index is 397. The number of rotatable bonds is 8. The number of hydrogen-bond acceptors (Lipinski definition) is 3. The first-order valence-electron chi connectivity index (χ1n) is 6.03. The van der Waals surface area contributed by atoms with Gasteiger partial charge in [-0.15, -0.1) is 12.4 Å². The van der Waals surface area contributed by atoms with Crippen LogP contribution in [0.3, 0.4) is 0 Å². The lowest BCUT2D eigenvalue weighted by molar-refractivity contribution is 0.326. The Balaban J connectivity index is 0.00000324. The number of nitrogens with one attached hydrogen (secondary N) is 1. The first-order valence-corrected chi connectivity index (χ1v) is 6.41. The average molecular weight is 306 g/mol. The van der Waals surface area contributed by atoms with Gasteiger partial charge in [-0.3, -0.25) is 0 Å². The average Bonchev–Trinajstić information content (AvgIpc) is 2.37. The molecular formula is C14H21Cl2NO2. The maximum atomic E-state index is 6.19. The van der Waals surface area contributed by atoms with Crippen LogP contribution in [0, 0.1) is 0 Å². The lowest BCUT2D eigenvalue weighted by atomic mass is 10.2. The fraction of sp³-hybridized carbons (Fsp3) is 0.429. The van der Waals surface area contributed by atoms with E-state index < -0.39 is 0 Å². The van der Waals surface area contributed by atoms with Crippen LogP contribution >= 0.6 is 24.0 Å². The molecule has 0 spiro atoms. The van der Waals surface area contributed by atoms with E-state index in [4.69, 9.17) is 21.1 Å². The summed E-state index contributed by atoms with van der Waals surface area (Å²) < 4.78 is 10.8. The number of methoxy groups -OCH3 is 1. The van der Waals surface area contributed by atoms with Gasteiger partial charge in [0.1, 0.15) is 6.61 Å². The summed E-state index contributed by atoms with van der Waals surface area (Å²) in [4.78, 5) is 0. The van der Waals surface area contributed by atoms with Crippen molar-refractivity contribution in [2.24, 2.45) is 0 Å². The molecule has 0 saturated carbocycles. The van der Waals surface area contributed by atoms with E-state index in [2.05, 4.69) is 18.8 Å². The van der Waals surface area contributed by atoms with Crippen LogP contribution < -0.4 is 14.8 Å². The third-order valence-electron chi connectivity index (χ3n) is 2.39. The van der Waals surface area contributed by atoms with E-state index in [9.17, 15) is 0 Å². The van der Waals surface area contributed by atoms with Crippen molar-refractivity contribution in [3.05, 3.63) is 35.4 Å². The molecule has 0 atom stereocenters. The van der Waals surface area contributed by atoms with Gasteiger partial charge in [0.2, 0.25) is 0 Å². The number of halogens is 2. The van der Waals surface area contributed by atoms with E-state index in [1.807, 2.05) is 12.1 Å². The predicted molar refractivity (Wildman–Crippen MR) is 82.9 cm³/mol. The zero-order valence-electron chi connectivity index (χ0n) is 11.4. The molecule has 0 aliphatic carbocycles. The monoisotopic (exact) mass is 305 g/mol. The van der Waals surface area contributed by atoms with Crippen LogP contribution in [0.1, 0.15) is 18.9 Å². The molecule has 19 heavy (non-hydrogen) atoms. The Kier molecular flexibility index (Phi) is 9.48. The topological polar surface area (TPSA) is 30.5 Å². The molecule has 1 N–H and O–H groups in total. The number of benzene rings is 1. The highest BCUT2D eigenvalue weighted by Crippen LogP contribution is 2.36. The van der Waals surface area contributed by atoms with Crippen LogP contribution in [0.5, 0.6) is 11.5 Å². The Morgan fingerprint density at radius 1 is 1.42 bits per heavy atom. The van der Waals surface area contributed by atoms with Gasteiger partial charge in [0, 0.05) is 6.54 Å². The van der Waals surface area contributed by atoms with Gasteiger partial charge in [0.25, 0.3) is 0 Å². The second-order valence-electron chi connectivity index (χ2n) is 3.89. The molecule has 1 aromatic carbocycles. The molecule has 0 radical (unpaired) electrons. The van der Waals surface area contributed by atoms with Gasteiger partial charge < -0.3 is 14.8 Å². The molecule has 1 rings (SSSR count). The number of hydrogen-bond donors (Lipinski definition) is 1. The largest absolute Gasteiger partial charge is 0.493 e. The quantitative estimate of drug-likeness (QED) is 0.585. The van der Waals surface area contributed by atoms with Gasteiger partial charge in [-0.05, 0) is 30.7 Å². The molecule has 0 aliphatic heterocycles. The summed E-state index contributed by atoms with van der Waals surface area (Å²) in [6, 6.07) is 3.83. The third-order valence-corrected chi connectivity index (χ3v) is 2.67. The molecule has 1 aromatic rings. The highest BCUT2D eigenvalue weighted by molar-refractivity contribution is 6.32. The summed E-state index contributed by atoms with van der Waals surface area (Å²) >= 11 is 6.19. The van der Waals surface area contributed by atoms with Crippen LogP contribution in [-0.4, -0.2) is 20.3 Å². The standard InChI is InChI=1S/C14H20ClNO2.ClH/c1-4-6-16-10-11-8-12(15)14(18-7-5-2)13(9-11)17-3;/h5,8-9,16H,2,4,6-7,10H2,1,3H3;1H. The first-order chi connectivity index (χ1) is 8.72. The molecule has 0 amide bonds. The van der Waals surface area contributed by atoms with Crippen LogP contribution in [0.25, 0.3) is 0 Å². The van der Waals surface area contributed by atoms with Crippen molar-refractivity contribution in [2.75, 3.05) is 20.3 Å². The Morgan fingerprint density at radius 3 is 2.74 bits per heavy atom. The molecular weight excluding hydrogens is 285 g/mol. The van der Waals surface area contributed by atoms with E-state index in [0.29, 0.717) is 23.1 Å². The molecule has 5 heteroatoms. The Morgan fingerprint density at radius 2 is 2.16 bits per heavy atom. The zero-order chi connectivity index (χ0) is 13.4. The van der Waals surface area contributed by atoms with E-state index in [1.165, 1.54) is 0 Å². The van der Waals surface area contributed by atoms with E-state index >= 15 is 0 Å². The van der Waals surface area contributed by atoms with Gasteiger partial charge in [0.05, 0.1) is 12.1 Å². The Hall–Kier alpha value is -0.900. The summed E-state index contributed by atoms with van der Waals surface area (Å²) in [6.45, 7) is 7.90. The van der Waals surface area contributed by atoms with Crippen molar-refractivity contribution in [2.45, 2.75) is 19.9 Å². The Labute approximate surface area is 126 Å². The van der Waals surface area contributed by atoms with E-state index in [1.54, 1.807) is 13.2 Å². The van der Waals surface area contributed by atoms with Crippen molar-refractivity contribution < 1.29 is 9.47 Å². The smallest absolute Gasteiger partial charge is 0.180 e. The second kappa shape index (κ2) is 9.96. The minimum atomic E-state index is 0. The fourth-order valence-electron chi connectivity index (χ4n) is 1.57. The summed E-state index contributed by atoms with van der Waals surface area (Å²) in [6.07, 6.45) is 2.78. The first kappa shape index (κ1) is 18.1. The second-order valence-corrected chi connectivity index (χ2v) is 4.29. The fourth-order valence-corrected chi connectivity index (χ4v) is 1.85. The van der Waals surface area contributed by atoms with Crippen molar-refractivity contribution in [1.29, 1.82) is 0 Å². The van der Waals surface area contributed by atoms with Crippen molar-refractivity contribution in [1.82, 2.24) is 5.32 Å². The molecule has 0 bridgehead atoms. The van der Waals surface area contributed by atoms with Crippen molar-refractivity contribution in [3.8, 4) is 11.5 Å². The summed E-state index contributed by atoms with van der Waals surface area (Å²) in [7, 11) is 1.61. The highest BCUT2D eigenvalue weighted by Gasteiger charge is 2.11. The van der Waals surface area contributed by atoms with Gasteiger partial charge in [-0.2, -0.15) is 0 Å². The van der Waals surface area contributed by atoms with Crippen LogP contribution in [-0.2, 0) is 6.54 Å². The minimum absolute atomic E-state index is 0. The molecule has 0 aromatic heterocycles. The molecule has 0 aliphatic rings. The van der Waals surface area contributed by atoms with Crippen LogP contribution in [0.2, 0.25) is 5.02 Å². The van der Waals surface area contributed by atoms with Crippen LogP contribution in [0.4, 0.5) is 0 Å². The number of ether oxygens (including phenoxy) is 2. The van der Waals surface area contributed by atoms with Gasteiger partial charge >= 0.3 is 0 Å². The zero-order valence-corrected chi connectivity index (χ0v) is 12.9. The maximum Gasteiger partial charge on any atom is 0.180 e. The molecule has 0 fully saturated rings. The normalized spacial score (nSPS) is 9.63. The maximum absolute atomic E-state index is 6.19. The van der Waals surface area contributed by atoms with Gasteiger partial charge in [-0.1, -0.05) is 31.2 Å². The van der Waals surface area contributed by atoms with Crippen molar-refractivity contribution in [3.63, 3.8) is 0 Å². The van der Waals surface area contributed by atoms with E-state index in [-0.39, 0.29) is 12.4 Å². The molecule has 3 nitrogen and oxygen atoms in total. The van der Waals surface area contributed by atoms with Crippen molar-refractivity contribution >= 4 is 24.0 Å². The molecule has 0 saturated heterocycles. The molecule has 0 heterocycles. The minimum Gasteiger partial charge on any atom is -0.493 e. The lowest BCUT2D eigenvalue weighted by Crippen LogP contribution is -2.14. The lowest BCUT2D eigenvalue weighted by Gasteiger charge is -2.13. The summed E-state index contributed by atoms with van der Waals surface area (Å²) in [5, 5.41) is 3.88. The summed E-state index contributed by atoms with van der Waals surface area (Å²) in [5.41, 5.74) is 1.08. The van der Waals surface area contributed by atoms with Crippen LogP contribution in [0.15, 0.2) is 24.8 Å². The van der Waals surface area contributed by atoms with E-state index in [0.717, 1.165) is 25.1 Å². The summed E-state index contributed by atoms with van der Waals surface area (Å²) in [5.74, 6) is 1.22. The molecule has 0 unspecified atom stereocenters. The van der Waals surface area contributed by atoms with Gasteiger partial charge in [0.15, 0.2) is 11.5 Å².